The van der Waals surface area contributed by atoms with Crippen molar-refractivity contribution in [3.8, 4) is 5.75 Å². The van der Waals surface area contributed by atoms with Crippen molar-refractivity contribution in [2.45, 2.75) is 44.8 Å². The van der Waals surface area contributed by atoms with Gasteiger partial charge in [-0.25, -0.2) is 4.98 Å². The summed E-state index contributed by atoms with van der Waals surface area (Å²) in [5.74, 6) is 0.155. The average molecular weight is 418 g/mol. The zero-order valence-corrected chi connectivity index (χ0v) is 16.7. The van der Waals surface area contributed by atoms with E-state index < -0.39 is 10.1 Å². The summed E-state index contributed by atoms with van der Waals surface area (Å²) in [6.07, 6.45) is 0. The van der Waals surface area contributed by atoms with Gasteiger partial charge in [-0.3, -0.25) is 0 Å². The molecule has 0 unspecified atom stereocenters. The zero-order valence-electron chi connectivity index (χ0n) is 14.3. The van der Waals surface area contributed by atoms with Gasteiger partial charge in [-0.1, -0.05) is 42.2 Å². The maximum absolute atomic E-state index is 12.9. The van der Waals surface area contributed by atoms with Crippen LogP contribution in [0.25, 0.3) is 10.4 Å². The quantitative estimate of drug-likeness (QED) is 0.275. The molecule has 2 aromatic rings. The van der Waals surface area contributed by atoms with Crippen molar-refractivity contribution in [1.29, 1.82) is 0 Å². The van der Waals surface area contributed by atoms with Crippen LogP contribution in [0.4, 0.5) is 0 Å². The molecule has 0 atom stereocenters. The van der Waals surface area contributed by atoms with Crippen LogP contribution in [0.2, 0.25) is 10.0 Å². The predicted octanol–water partition coefficient (Wildman–Crippen LogP) is 4.91. The minimum Gasteiger partial charge on any atom is -0.378 e. The van der Waals surface area contributed by atoms with Crippen molar-refractivity contribution in [3.63, 3.8) is 0 Å². The third-order valence-electron chi connectivity index (χ3n) is 3.44. The lowest BCUT2D eigenvalue weighted by Gasteiger charge is -2.13. The van der Waals surface area contributed by atoms with Crippen LogP contribution < -0.4 is 4.18 Å². The highest BCUT2D eigenvalue weighted by molar-refractivity contribution is 7.87. The fourth-order valence-corrected chi connectivity index (χ4v) is 4.40. The van der Waals surface area contributed by atoms with E-state index in [-0.39, 0.29) is 33.3 Å². The molecule has 0 saturated carbocycles. The SMILES string of the molecule is CCn1c(CN=[N+]=[N-])nc(C(C)C)c1S(=O)(=O)Oc1cc(Cl)cc(Cl)c1. The molecular weight excluding hydrogens is 401 g/mol. The standard InChI is InChI=1S/C15H17Cl2N5O3S/c1-4-22-13(8-19-21-18)20-14(9(2)3)15(22)26(23,24)25-12-6-10(16)5-11(17)7-12/h5-7,9H,4,8H2,1-3H3. The summed E-state index contributed by atoms with van der Waals surface area (Å²) in [5.41, 5.74) is 8.87. The summed E-state index contributed by atoms with van der Waals surface area (Å²) in [6, 6.07) is 4.18. The second-order valence-electron chi connectivity index (χ2n) is 5.65. The fourth-order valence-electron chi connectivity index (χ4n) is 2.43. The van der Waals surface area contributed by atoms with Crippen LogP contribution in [0, 0.1) is 0 Å². The Kier molecular flexibility index (Phi) is 6.41. The highest BCUT2D eigenvalue weighted by Gasteiger charge is 2.30. The fraction of sp³-hybridized carbons (Fsp3) is 0.400. The number of hydrogen-bond acceptors (Lipinski definition) is 5. The van der Waals surface area contributed by atoms with Crippen molar-refractivity contribution >= 4 is 33.3 Å². The van der Waals surface area contributed by atoms with Gasteiger partial charge in [0.1, 0.15) is 11.6 Å². The number of hydrogen-bond donors (Lipinski definition) is 0. The monoisotopic (exact) mass is 417 g/mol. The van der Waals surface area contributed by atoms with Crippen LogP contribution in [0.1, 0.15) is 38.2 Å². The van der Waals surface area contributed by atoms with Crippen LogP contribution in [0.3, 0.4) is 0 Å². The first kappa shape index (κ1) is 20.4. The average Bonchev–Trinajstić information content (AvgIpc) is 2.91. The summed E-state index contributed by atoms with van der Waals surface area (Å²) in [7, 11) is -4.22. The highest BCUT2D eigenvalue weighted by Crippen LogP contribution is 2.30. The van der Waals surface area contributed by atoms with Gasteiger partial charge in [0.05, 0.1) is 12.2 Å². The zero-order chi connectivity index (χ0) is 19.5. The smallest absolute Gasteiger partial charge is 0.357 e. The van der Waals surface area contributed by atoms with Gasteiger partial charge < -0.3 is 8.75 Å². The van der Waals surface area contributed by atoms with Crippen LogP contribution in [-0.4, -0.2) is 18.0 Å². The summed E-state index contributed by atoms with van der Waals surface area (Å²) < 4.78 is 32.6. The number of halogens is 2. The minimum atomic E-state index is -4.22. The molecule has 0 radical (unpaired) electrons. The Hall–Kier alpha value is -1.93. The molecule has 0 aliphatic rings. The first-order valence-corrected chi connectivity index (χ1v) is 9.86. The summed E-state index contributed by atoms with van der Waals surface area (Å²) in [4.78, 5) is 7.05. The lowest BCUT2D eigenvalue weighted by atomic mass is 10.1. The molecule has 0 saturated heterocycles. The number of rotatable bonds is 7. The Morgan fingerprint density at radius 2 is 1.92 bits per heavy atom. The molecule has 2 rings (SSSR count). The molecule has 1 aromatic carbocycles. The molecule has 0 aliphatic heterocycles. The molecule has 1 heterocycles. The molecule has 0 bridgehead atoms. The van der Waals surface area contributed by atoms with Gasteiger partial charge in [0.2, 0.25) is 0 Å². The normalized spacial score (nSPS) is 11.5. The van der Waals surface area contributed by atoms with Crippen molar-refractivity contribution < 1.29 is 12.6 Å². The lowest BCUT2D eigenvalue weighted by molar-refractivity contribution is 0.469. The van der Waals surface area contributed by atoms with E-state index >= 15 is 0 Å². The van der Waals surface area contributed by atoms with Crippen LogP contribution >= 0.6 is 23.2 Å². The second kappa shape index (κ2) is 8.18. The van der Waals surface area contributed by atoms with Crippen molar-refractivity contribution in [2.24, 2.45) is 5.11 Å². The predicted molar refractivity (Wildman–Crippen MR) is 99.1 cm³/mol. The van der Waals surface area contributed by atoms with E-state index in [1.165, 1.54) is 22.8 Å². The topological polar surface area (TPSA) is 110 Å². The lowest BCUT2D eigenvalue weighted by Crippen LogP contribution is -2.18. The van der Waals surface area contributed by atoms with Crippen LogP contribution in [0.5, 0.6) is 5.75 Å². The van der Waals surface area contributed by atoms with E-state index in [2.05, 4.69) is 15.0 Å². The van der Waals surface area contributed by atoms with Gasteiger partial charge in [-0.2, -0.15) is 8.42 Å². The Morgan fingerprint density at radius 1 is 1.31 bits per heavy atom. The summed E-state index contributed by atoms with van der Waals surface area (Å²) in [6.45, 7) is 5.64. The Morgan fingerprint density at radius 3 is 2.42 bits per heavy atom. The first-order chi connectivity index (χ1) is 12.2. The summed E-state index contributed by atoms with van der Waals surface area (Å²) in [5, 5.41) is 3.91. The maximum atomic E-state index is 12.9. The molecule has 140 valence electrons. The number of nitrogens with zero attached hydrogens (tertiary/aromatic N) is 5. The molecule has 0 fully saturated rings. The van der Waals surface area contributed by atoms with Crippen molar-refractivity contribution in [3.05, 3.63) is 50.2 Å². The molecular formula is C15H17Cl2N5O3S. The Balaban J connectivity index is 2.59. The molecule has 11 heteroatoms. The van der Waals surface area contributed by atoms with E-state index in [9.17, 15) is 8.42 Å². The maximum Gasteiger partial charge on any atom is 0.357 e. The van der Waals surface area contributed by atoms with Crippen molar-refractivity contribution in [2.75, 3.05) is 0 Å². The van der Waals surface area contributed by atoms with Gasteiger partial charge in [-0.15, -0.1) is 0 Å². The van der Waals surface area contributed by atoms with E-state index in [1.54, 1.807) is 6.92 Å². The first-order valence-electron chi connectivity index (χ1n) is 7.70. The van der Waals surface area contributed by atoms with E-state index in [1.807, 2.05) is 13.8 Å². The second-order valence-corrected chi connectivity index (χ2v) is 7.98. The van der Waals surface area contributed by atoms with E-state index in [0.717, 1.165) is 0 Å². The summed E-state index contributed by atoms with van der Waals surface area (Å²) >= 11 is 11.8. The number of benzene rings is 1. The van der Waals surface area contributed by atoms with Gasteiger partial charge in [0.25, 0.3) is 0 Å². The third-order valence-corrected chi connectivity index (χ3v) is 5.19. The third kappa shape index (κ3) is 4.42. The Bertz CT molecular complexity index is 946. The van der Waals surface area contributed by atoms with Gasteiger partial charge in [0.15, 0.2) is 5.03 Å². The molecule has 0 spiro atoms. The van der Waals surface area contributed by atoms with E-state index in [0.29, 0.717) is 18.1 Å². The number of imidazole rings is 1. The highest BCUT2D eigenvalue weighted by atomic mass is 35.5. The molecule has 0 aliphatic carbocycles. The number of aromatic nitrogens is 2. The number of azide groups is 1. The minimum absolute atomic E-state index is 0.00217. The molecule has 26 heavy (non-hydrogen) atoms. The van der Waals surface area contributed by atoms with Crippen LogP contribution in [-0.2, 0) is 23.2 Å². The van der Waals surface area contributed by atoms with Crippen molar-refractivity contribution in [1.82, 2.24) is 9.55 Å². The molecule has 8 nitrogen and oxygen atoms in total. The largest absolute Gasteiger partial charge is 0.378 e. The molecule has 0 amide bonds. The molecule has 1 aromatic heterocycles. The van der Waals surface area contributed by atoms with Gasteiger partial charge in [-0.05, 0) is 24.4 Å². The van der Waals surface area contributed by atoms with Gasteiger partial charge >= 0.3 is 10.1 Å². The van der Waals surface area contributed by atoms with Crippen LogP contribution in [0.15, 0.2) is 28.3 Å². The van der Waals surface area contributed by atoms with Gasteiger partial charge in [0, 0.05) is 33.6 Å². The van der Waals surface area contributed by atoms with E-state index in [4.69, 9.17) is 32.9 Å². The Labute approximate surface area is 161 Å². The molecule has 0 N–H and O–H groups in total.